The van der Waals surface area contributed by atoms with E-state index in [9.17, 15) is 9.18 Å². The van der Waals surface area contributed by atoms with E-state index in [-0.39, 0.29) is 23.0 Å². The van der Waals surface area contributed by atoms with E-state index in [1.807, 2.05) is 0 Å². The summed E-state index contributed by atoms with van der Waals surface area (Å²) in [4.78, 5) is 23.5. The molecule has 19 heavy (non-hydrogen) atoms. The first kappa shape index (κ1) is 12.9. The number of hydrogen-bond acceptors (Lipinski definition) is 6. The van der Waals surface area contributed by atoms with E-state index in [1.165, 1.54) is 32.7 Å². The van der Waals surface area contributed by atoms with E-state index in [4.69, 9.17) is 9.47 Å². The topological polar surface area (TPSA) is 74.2 Å². The Kier molecular flexibility index (Phi) is 3.65. The van der Waals surface area contributed by atoms with Gasteiger partial charge in [-0.25, -0.2) is 9.37 Å². The molecule has 0 amide bonds. The van der Waals surface area contributed by atoms with Gasteiger partial charge >= 0.3 is 0 Å². The first-order valence-electron chi connectivity index (χ1n) is 5.26. The average molecular weight is 263 g/mol. The largest absolute Gasteiger partial charge is 0.480 e. The Bertz CT molecular complexity index is 619. The van der Waals surface area contributed by atoms with Crippen molar-refractivity contribution in [2.24, 2.45) is 0 Å². The SMILES string of the molecule is COc1cnc(C(=O)c2ccncc2F)c(OC)n1. The molecule has 0 aromatic carbocycles. The smallest absolute Gasteiger partial charge is 0.247 e. The summed E-state index contributed by atoms with van der Waals surface area (Å²) < 4.78 is 23.3. The van der Waals surface area contributed by atoms with E-state index in [0.717, 1.165) is 6.20 Å². The van der Waals surface area contributed by atoms with E-state index in [1.54, 1.807) is 0 Å². The van der Waals surface area contributed by atoms with Gasteiger partial charge in [0.2, 0.25) is 17.5 Å². The van der Waals surface area contributed by atoms with Crippen LogP contribution in [0.3, 0.4) is 0 Å². The summed E-state index contributed by atoms with van der Waals surface area (Å²) in [6.45, 7) is 0. The number of aromatic nitrogens is 3. The zero-order valence-corrected chi connectivity index (χ0v) is 10.3. The summed E-state index contributed by atoms with van der Waals surface area (Å²) in [6, 6.07) is 1.27. The van der Waals surface area contributed by atoms with Crippen LogP contribution in [0.5, 0.6) is 11.8 Å². The van der Waals surface area contributed by atoms with Gasteiger partial charge in [-0.15, -0.1) is 0 Å². The Labute approximate surface area is 108 Å². The third-order valence-corrected chi connectivity index (χ3v) is 2.35. The molecule has 6 nitrogen and oxygen atoms in total. The predicted octanol–water partition coefficient (Wildman–Crippen LogP) is 1.26. The van der Waals surface area contributed by atoms with Crippen molar-refractivity contribution in [1.82, 2.24) is 15.0 Å². The van der Waals surface area contributed by atoms with Crippen LogP contribution < -0.4 is 9.47 Å². The summed E-state index contributed by atoms with van der Waals surface area (Å²) in [6.07, 6.45) is 3.53. The van der Waals surface area contributed by atoms with Crippen LogP contribution in [0.25, 0.3) is 0 Å². The third-order valence-electron chi connectivity index (χ3n) is 2.35. The molecule has 0 N–H and O–H groups in total. The molecule has 2 rings (SSSR count). The normalized spacial score (nSPS) is 10.1. The molecule has 0 spiro atoms. The summed E-state index contributed by atoms with van der Waals surface area (Å²) in [5, 5.41) is 0. The number of ether oxygens (including phenoxy) is 2. The molecule has 7 heteroatoms. The van der Waals surface area contributed by atoms with Gasteiger partial charge in [0.1, 0.15) is 0 Å². The number of pyridine rings is 1. The van der Waals surface area contributed by atoms with Crippen LogP contribution in [0, 0.1) is 5.82 Å². The van der Waals surface area contributed by atoms with Gasteiger partial charge in [0.05, 0.1) is 32.2 Å². The Balaban J connectivity index is 2.47. The van der Waals surface area contributed by atoms with Crippen molar-refractivity contribution in [3.63, 3.8) is 0 Å². The minimum absolute atomic E-state index is 0.0273. The number of carbonyl (C=O) groups is 1. The van der Waals surface area contributed by atoms with Crippen LogP contribution in [0.2, 0.25) is 0 Å². The third kappa shape index (κ3) is 2.49. The lowest BCUT2D eigenvalue weighted by Crippen LogP contribution is -2.10. The van der Waals surface area contributed by atoms with Crippen molar-refractivity contribution in [2.45, 2.75) is 0 Å². The summed E-state index contributed by atoms with van der Waals surface area (Å²) in [5.74, 6) is -1.19. The molecular formula is C12H10FN3O3. The maximum absolute atomic E-state index is 13.5. The molecule has 0 fully saturated rings. The van der Waals surface area contributed by atoms with Crippen LogP contribution in [0.15, 0.2) is 24.7 Å². The molecule has 0 aliphatic rings. The lowest BCUT2D eigenvalue weighted by atomic mass is 10.1. The van der Waals surface area contributed by atoms with E-state index in [2.05, 4.69) is 15.0 Å². The van der Waals surface area contributed by atoms with Gasteiger partial charge in [-0.2, -0.15) is 4.98 Å². The standard InChI is InChI=1S/C12H10FN3O3/c1-18-9-6-15-10(12(16-9)19-2)11(17)7-3-4-14-5-8(7)13/h3-6H,1-2H3. The average Bonchev–Trinajstić information content (AvgIpc) is 2.46. The highest BCUT2D eigenvalue weighted by molar-refractivity contribution is 6.09. The van der Waals surface area contributed by atoms with Crippen molar-refractivity contribution < 1.29 is 18.7 Å². The molecule has 98 valence electrons. The monoisotopic (exact) mass is 263 g/mol. The molecular weight excluding hydrogens is 253 g/mol. The fourth-order valence-corrected chi connectivity index (χ4v) is 1.44. The predicted molar refractivity (Wildman–Crippen MR) is 62.8 cm³/mol. The zero-order chi connectivity index (χ0) is 13.8. The Morgan fingerprint density at radius 2 is 2.05 bits per heavy atom. The molecule has 0 saturated carbocycles. The van der Waals surface area contributed by atoms with Crippen LogP contribution in [-0.4, -0.2) is 35.0 Å². The second-order valence-corrected chi connectivity index (χ2v) is 3.45. The molecule has 0 atom stereocenters. The lowest BCUT2D eigenvalue weighted by molar-refractivity contribution is 0.102. The van der Waals surface area contributed by atoms with Gasteiger partial charge in [-0.05, 0) is 6.07 Å². The number of halogens is 1. The second kappa shape index (κ2) is 5.38. The van der Waals surface area contributed by atoms with Gasteiger partial charge in [0.25, 0.3) is 0 Å². The Morgan fingerprint density at radius 3 is 2.68 bits per heavy atom. The van der Waals surface area contributed by atoms with Crippen LogP contribution in [0.1, 0.15) is 16.1 Å². The van der Waals surface area contributed by atoms with Crippen molar-refractivity contribution in [1.29, 1.82) is 0 Å². The number of hydrogen-bond donors (Lipinski definition) is 0. The number of carbonyl (C=O) groups excluding carboxylic acids is 1. The highest BCUT2D eigenvalue weighted by Crippen LogP contribution is 2.20. The zero-order valence-electron chi connectivity index (χ0n) is 10.3. The van der Waals surface area contributed by atoms with Gasteiger partial charge in [0, 0.05) is 6.20 Å². The van der Waals surface area contributed by atoms with Crippen molar-refractivity contribution in [3.8, 4) is 11.8 Å². The maximum Gasteiger partial charge on any atom is 0.247 e. The summed E-state index contributed by atoms with van der Waals surface area (Å²) in [5.41, 5.74) is -0.235. The van der Waals surface area contributed by atoms with Gasteiger partial charge < -0.3 is 9.47 Å². The van der Waals surface area contributed by atoms with E-state index < -0.39 is 11.6 Å². The van der Waals surface area contributed by atoms with Crippen LogP contribution in [0.4, 0.5) is 4.39 Å². The van der Waals surface area contributed by atoms with Crippen LogP contribution >= 0.6 is 0 Å². The van der Waals surface area contributed by atoms with Gasteiger partial charge in [-0.1, -0.05) is 0 Å². The number of methoxy groups -OCH3 is 2. The minimum atomic E-state index is -0.729. The first-order chi connectivity index (χ1) is 9.17. The molecule has 0 bridgehead atoms. The Hall–Kier alpha value is -2.57. The fourth-order valence-electron chi connectivity index (χ4n) is 1.44. The Morgan fingerprint density at radius 1 is 1.26 bits per heavy atom. The first-order valence-corrected chi connectivity index (χ1v) is 5.26. The number of rotatable bonds is 4. The van der Waals surface area contributed by atoms with Crippen LogP contribution in [-0.2, 0) is 0 Å². The van der Waals surface area contributed by atoms with Crippen molar-refractivity contribution in [2.75, 3.05) is 14.2 Å². The van der Waals surface area contributed by atoms with Gasteiger partial charge in [-0.3, -0.25) is 9.78 Å². The molecule has 2 aromatic rings. The number of nitrogens with zero attached hydrogens (tertiary/aromatic N) is 3. The molecule has 2 heterocycles. The molecule has 0 unspecified atom stereocenters. The summed E-state index contributed by atoms with van der Waals surface area (Å²) in [7, 11) is 2.75. The highest BCUT2D eigenvalue weighted by atomic mass is 19.1. The quantitative estimate of drug-likeness (QED) is 0.773. The maximum atomic E-state index is 13.5. The number of ketones is 1. The minimum Gasteiger partial charge on any atom is -0.480 e. The van der Waals surface area contributed by atoms with E-state index >= 15 is 0 Å². The van der Waals surface area contributed by atoms with Crippen molar-refractivity contribution in [3.05, 3.63) is 41.7 Å². The van der Waals surface area contributed by atoms with Crippen molar-refractivity contribution >= 4 is 5.78 Å². The molecule has 0 radical (unpaired) electrons. The molecule has 2 aromatic heterocycles. The highest BCUT2D eigenvalue weighted by Gasteiger charge is 2.21. The second-order valence-electron chi connectivity index (χ2n) is 3.45. The molecule has 0 saturated heterocycles. The molecule has 0 aliphatic heterocycles. The van der Waals surface area contributed by atoms with Gasteiger partial charge in [0.15, 0.2) is 11.5 Å². The summed E-state index contributed by atoms with van der Waals surface area (Å²) >= 11 is 0. The van der Waals surface area contributed by atoms with E-state index in [0.29, 0.717) is 0 Å². The lowest BCUT2D eigenvalue weighted by Gasteiger charge is -2.07. The fraction of sp³-hybridized carbons (Fsp3) is 0.167. The molecule has 0 aliphatic carbocycles.